The second kappa shape index (κ2) is 7.14. The molecule has 3 rings (SSSR count). The van der Waals surface area contributed by atoms with E-state index in [2.05, 4.69) is 16.0 Å². The van der Waals surface area contributed by atoms with Gasteiger partial charge in [0.25, 0.3) is 17.4 Å². The maximum absolute atomic E-state index is 13.2. The van der Waals surface area contributed by atoms with Crippen molar-refractivity contribution in [1.82, 2.24) is 20.6 Å². The van der Waals surface area contributed by atoms with Crippen LogP contribution in [-0.4, -0.2) is 21.6 Å². The number of hydrogen-bond donors (Lipinski definition) is 2. The monoisotopic (exact) mass is 354 g/mol. The lowest BCUT2D eigenvalue weighted by Gasteiger charge is -2.11. The number of nitrogens with zero attached hydrogens (tertiary/aromatic N) is 2. The van der Waals surface area contributed by atoms with Crippen molar-refractivity contribution in [2.45, 2.75) is 13.5 Å². The van der Waals surface area contributed by atoms with E-state index in [9.17, 15) is 18.8 Å². The van der Waals surface area contributed by atoms with E-state index in [1.54, 1.807) is 31.2 Å². The van der Waals surface area contributed by atoms with Crippen molar-refractivity contribution in [3.8, 4) is 0 Å². The Morgan fingerprint density at radius 3 is 2.42 bits per heavy atom. The number of aryl methyl sites for hydroxylation is 1. The number of aromatic nitrogens is 2. The third-order valence-corrected chi connectivity index (χ3v) is 3.76. The van der Waals surface area contributed by atoms with E-state index >= 15 is 0 Å². The highest BCUT2D eigenvalue weighted by Gasteiger charge is 2.17. The first-order valence-electron chi connectivity index (χ1n) is 7.87. The van der Waals surface area contributed by atoms with E-state index in [0.717, 1.165) is 6.07 Å². The van der Waals surface area contributed by atoms with Crippen LogP contribution in [0.2, 0.25) is 0 Å². The molecular formula is C18H15FN4O3. The number of fused-ring (bicyclic) bond motifs is 1. The smallest absolute Gasteiger partial charge is 0.267 e. The zero-order valence-corrected chi connectivity index (χ0v) is 13.8. The van der Waals surface area contributed by atoms with Gasteiger partial charge in [-0.15, -0.1) is 0 Å². The molecule has 1 aromatic heterocycles. The van der Waals surface area contributed by atoms with Crippen LogP contribution in [0, 0.1) is 5.82 Å². The van der Waals surface area contributed by atoms with Crippen molar-refractivity contribution in [2.24, 2.45) is 0 Å². The molecule has 0 aliphatic carbocycles. The van der Waals surface area contributed by atoms with Crippen molar-refractivity contribution in [1.29, 1.82) is 0 Å². The lowest BCUT2D eigenvalue weighted by molar-refractivity contribution is 0.0843. The third kappa shape index (κ3) is 3.30. The van der Waals surface area contributed by atoms with E-state index in [1.807, 2.05) is 0 Å². The van der Waals surface area contributed by atoms with E-state index in [-0.39, 0.29) is 16.8 Å². The summed E-state index contributed by atoms with van der Waals surface area (Å²) in [4.78, 5) is 36.7. The number of hydrogen-bond acceptors (Lipinski definition) is 4. The molecule has 0 unspecified atom stereocenters. The minimum atomic E-state index is -0.687. The number of benzene rings is 2. The van der Waals surface area contributed by atoms with Crippen LogP contribution >= 0.6 is 0 Å². The molecular weight excluding hydrogens is 339 g/mol. The zero-order chi connectivity index (χ0) is 18.7. The maximum atomic E-state index is 13.2. The summed E-state index contributed by atoms with van der Waals surface area (Å²) in [5.41, 5.74) is 4.21. The molecule has 0 saturated carbocycles. The topological polar surface area (TPSA) is 93.1 Å². The molecule has 0 aliphatic rings. The van der Waals surface area contributed by atoms with E-state index in [1.165, 1.54) is 22.9 Å². The molecule has 0 aliphatic heterocycles. The molecule has 132 valence electrons. The lowest BCUT2D eigenvalue weighted by Crippen LogP contribution is -2.42. The lowest BCUT2D eigenvalue weighted by atomic mass is 10.1. The minimum Gasteiger partial charge on any atom is -0.267 e. The quantitative estimate of drug-likeness (QED) is 0.699. The molecule has 0 radical (unpaired) electrons. The summed E-state index contributed by atoms with van der Waals surface area (Å²) < 4.78 is 14.3. The number of carbonyl (C=O) groups is 2. The Labute approximate surface area is 147 Å². The number of nitrogens with one attached hydrogen (secondary N) is 2. The summed E-state index contributed by atoms with van der Waals surface area (Å²) in [6.45, 7) is 2.02. The Balaban J connectivity index is 1.87. The Bertz CT molecular complexity index is 1060. The van der Waals surface area contributed by atoms with Gasteiger partial charge in [0.05, 0.1) is 5.39 Å². The first kappa shape index (κ1) is 17.3. The Morgan fingerprint density at radius 2 is 1.73 bits per heavy atom. The molecule has 0 atom stereocenters. The van der Waals surface area contributed by atoms with Gasteiger partial charge in [0.15, 0.2) is 5.69 Å². The van der Waals surface area contributed by atoms with Gasteiger partial charge >= 0.3 is 0 Å². The van der Waals surface area contributed by atoms with Gasteiger partial charge in [0.2, 0.25) is 0 Å². The van der Waals surface area contributed by atoms with Crippen molar-refractivity contribution in [3.05, 3.63) is 76.0 Å². The summed E-state index contributed by atoms with van der Waals surface area (Å²) in [6, 6.07) is 11.6. The van der Waals surface area contributed by atoms with E-state index in [4.69, 9.17) is 0 Å². The Hall–Kier alpha value is -3.55. The highest BCUT2D eigenvalue weighted by atomic mass is 19.1. The van der Waals surface area contributed by atoms with Crippen LogP contribution < -0.4 is 16.4 Å². The fourth-order valence-corrected chi connectivity index (χ4v) is 2.49. The number of hydrazine groups is 1. The molecule has 26 heavy (non-hydrogen) atoms. The number of amides is 2. The highest BCUT2D eigenvalue weighted by Crippen LogP contribution is 2.13. The van der Waals surface area contributed by atoms with Crippen LogP contribution in [0.25, 0.3) is 10.8 Å². The van der Waals surface area contributed by atoms with Crippen molar-refractivity contribution in [3.63, 3.8) is 0 Å². The highest BCUT2D eigenvalue weighted by molar-refractivity contribution is 6.06. The van der Waals surface area contributed by atoms with Gasteiger partial charge in [-0.3, -0.25) is 25.2 Å². The molecule has 0 bridgehead atoms. The van der Waals surface area contributed by atoms with Gasteiger partial charge in [0.1, 0.15) is 5.82 Å². The van der Waals surface area contributed by atoms with Crippen LogP contribution in [0.3, 0.4) is 0 Å². The average molecular weight is 354 g/mol. The predicted octanol–water partition coefficient (Wildman–Crippen LogP) is 1.63. The second-order valence-electron chi connectivity index (χ2n) is 5.43. The van der Waals surface area contributed by atoms with Crippen LogP contribution in [0.4, 0.5) is 4.39 Å². The van der Waals surface area contributed by atoms with Crippen molar-refractivity contribution < 1.29 is 14.0 Å². The molecule has 2 N–H and O–H groups in total. The number of rotatable bonds is 3. The fraction of sp³-hybridized carbons (Fsp3) is 0.111. The summed E-state index contributed by atoms with van der Waals surface area (Å²) in [6.07, 6.45) is 0. The SMILES string of the molecule is CCn1nc(C(=O)NNC(=O)c2cccc(F)c2)c2ccccc2c1=O. The number of carbonyl (C=O) groups excluding carboxylic acids is 2. The van der Waals surface area contributed by atoms with Crippen LogP contribution in [0.15, 0.2) is 53.3 Å². The van der Waals surface area contributed by atoms with Gasteiger partial charge in [0, 0.05) is 17.5 Å². The van der Waals surface area contributed by atoms with Gasteiger partial charge in [-0.1, -0.05) is 24.3 Å². The zero-order valence-electron chi connectivity index (χ0n) is 13.8. The summed E-state index contributed by atoms with van der Waals surface area (Å²) in [7, 11) is 0. The summed E-state index contributed by atoms with van der Waals surface area (Å²) in [5.74, 6) is -1.93. The van der Waals surface area contributed by atoms with Gasteiger partial charge in [-0.2, -0.15) is 5.10 Å². The molecule has 1 heterocycles. The van der Waals surface area contributed by atoms with Crippen molar-refractivity contribution >= 4 is 22.6 Å². The van der Waals surface area contributed by atoms with E-state index < -0.39 is 17.6 Å². The molecule has 0 spiro atoms. The molecule has 2 aromatic carbocycles. The first-order valence-corrected chi connectivity index (χ1v) is 7.87. The summed E-state index contributed by atoms with van der Waals surface area (Å²) in [5, 5.41) is 4.79. The average Bonchev–Trinajstić information content (AvgIpc) is 2.66. The van der Waals surface area contributed by atoms with E-state index in [0.29, 0.717) is 17.3 Å². The van der Waals surface area contributed by atoms with Gasteiger partial charge in [-0.05, 0) is 31.2 Å². The van der Waals surface area contributed by atoms with Crippen LogP contribution in [-0.2, 0) is 6.54 Å². The summed E-state index contributed by atoms with van der Waals surface area (Å²) >= 11 is 0. The molecule has 7 nitrogen and oxygen atoms in total. The molecule has 0 saturated heterocycles. The molecule has 0 fully saturated rings. The Morgan fingerprint density at radius 1 is 1.04 bits per heavy atom. The minimum absolute atomic E-state index is 0.00147. The molecule has 2 amide bonds. The van der Waals surface area contributed by atoms with Crippen molar-refractivity contribution in [2.75, 3.05) is 0 Å². The third-order valence-electron chi connectivity index (χ3n) is 3.76. The predicted molar refractivity (Wildman–Crippen MR) is 93.0 cm³/mol. The normalized spacial score (nSPS) is 10.5. The van der Waals surface area contributed by atoms with Crippen LogP contribution in [0.1, 0.15) is 27.8 Å². The van der Waals surface area contributed by atoms with Crippen LogP contribution in [0.5, 0.6) is 0 Å². The molecule has 8 heteroatoms. The first-order chi connectivity index (χ1) is 12.5. The van der Waals surface area contributed by atoms with Gasteiger partial charge in [-0.25, -0.2) is 9.07 Å². The second-order valence-corrected chi connectivity index (χ2v) is 5.43. The largest absolute Gasteiger partial charge is 0.290 e. The fourth-order valence-electron chi connectivity index (χ4n) is 2.49. The van der Waals surface area contributed by atoms with Gasteiger partial charge < -0.3 is 0 Å². The standard InChI is InChI=1S/C18H15FN4O3/c1-2-23-18(26)14-9-4-3-8-13(14)15(22-23)17(25)21-20-16(24)11-6-5-7-12(19)10-11/h3-10H,2H2,1H3,(H,20,24)(H,21,25). The number of halogens is 1. The molecule has 3 aromatic rings. The maximum Gasteiger partial charge on any atom is 0.290 e. The Kier molecular flexibility index (Phi) is 4.74.